The molecule has 0 saturated carbocycles. The molecule has 0 aliphatic heterocycles. The van der Waals surface area contributed by atoms with Gasteiger partial charge in [-0.2, -0.15) is 0 Å². The van der Waals surface area contributed by atoms with Gasteiger partial charge in [-0.15, -0.1) is 0 Å². The van der Waals surface area contributed by atoms with E-state index in [1.807, 2.05) is 51.1 Å². The molecule has 1 heterocycles. The molecular formula is C16H20N2O. The fraction of sp³-hybridized carbons (Fsp3) is 0.312. The van der Waals surface area contributed by atoms with E-state index in [-0.39, 0.29) is 6.04 Å². The maximum atomic E-state index is 5.86. The number of rotatable bonds is 4. The Labute approximate surface area is 114 Å². The molecule has 0 aliphatic rings. The summed E-state index contributed by atoms with van der Waals surface area (Å²) in [7, 11) is 0. The second-order valence-corrected chi connectivity index (χ2v) is 4.87. The van der Waals surface area contributed by atoms with E-state index in [2.05, 4.69) is 11.1 Å². The van der Waals surface area contributed by atoms with Gasteiger partial charge in [0.25, 0.3) is 0 Å². The average Bonchev–Trinajstić information content (AvgIpc) is 2.37. The van der Waals surface area contributed by atoms with Gasteiger partial charge in [-0.3, -0.25) is 4.98 Å². The van der Waals surface area contributed by atoms with Crippen molar-refractivity contribution in [2.24, 2.45) is 5.73 Å². The van der Waals surface area contributed by atoms with E-state index in [1.54, 1.807) is 0 Å². The van der Waals surface area contributed by atoms with Gasteiger partial charge in [0.1, 0.15) is 12.4 Å². The molecule has 0 saturated heterocycles. The summed E-state index contributed by atoms with van der Waals surface area (Å²) in [4.78, 5) is 4.42. The Bertz CT molecular complexity index is 564. The van der Waals surface area contributed by atoms with Crippen molar-refractivity contribution in [3.8, 4) is 5.75 Å². The lowest BCUT2D eigenvalue weighted by atomic mass is 10.1. The minimum atomic E-state index is 0.0474. The van der Waals surface area contributed by atoms with Gasteiger partial charge in [0.15, 0.2) is 0 Å². The topological polar surface area (TPSA) is 48.1 Å². The van der Waals surface area contributed by atoms with Crippen molar-refractivity contribution in [1.29, 1.82) is 0 Å². The summed E-state index contributed by atoms with van der Waals surface area (Å²) >= 11 is 0. The maximum Gasteiger partial charge on any atom is 0.130 e. The third-order valence-corrected chi connectivity index (χ3v) is 3.05. The lowest BCUT2D eigenvalue weighted by Gasteiger charge is -2.12. The van der Waals surface area contributed by atoms with Gasteiger partial charge in [0.05, 0.1) is 5.69 Å². The Morgan fingerprint density at radius 2 is 2.00 bits per heavy atom. The van der Waals surface area contributed by atoms with Gasteiger partial charge in [0.2, 0.25) is 0 Å². The third-order valence-electron chi connectivity index (χ3n) is 3.05. The van der Waals surface area contributed by atoms with Crippen molar-refractivity contribution in [1.82, 2.24) is 4.98 Å². The fourth-order valence-corrected chi connectivity index (χ4v) is 1.95. The van der Waals surface area contributed by atoms with Gasteiger partial charge in [-0.05, 0) is 50.1 Å². The zero-order valence-electron chi connectivity index (χ0n) is 11.7. The SMILES string of the molecule is Cc1cccc(COc2ccc([C@H](C)N)cc2C)n1. The molecule has 1 aromatic heterocycles. The van der Waals surface area contributed by atoms with Crippen LogP contribution in [0.5, 0.6) is 5.75 Å². The molecule has 0 radical (unpaired) electrons. The molecule has 0 amide bonds. The first-order chi connectivity index (χ1) is 9.06. The summed E-state index contributed by atoms with van der Waals surface area (Å²) in [5, 5.41) is 0. The van der Waals surface area contributed by atoms with Crippen LogP contribution in [0.2, 0.25) is 0 Å². The van der Waals surface area contributed by atoms with E-state index in [0.29, 0.717) is 6.61 Å². The van der Waals surface area contributed by atoms with Crippen LogP contribution < -0.4 is 10.5 Å². The summed E-state index contributed by atoms with van der Waals surface area (Å²) in [6, 6.07) is 12.0. The molecule has 100 valence electrons. The molecule has 19 heavy (non-hydrogen) atoms. The molecule has 0 spiro atoms. The lowest BCUT2D eigenvalue weighted by molar-refractivity contribution is 0.299. The van der Waals surface area contributed by atoms with Crippen LogP contribution >= 0.6 is 0 Å². The zero-order chi connectivity index (χ0) is 13.8. The molecule has 2 rings (SSSR count). The smallest absolute Gasteiger partial charge is 0.130 e. The van der Waals surface area contributed by atoms with Gasteiger partial charge in [-0.1, -0.05) is 18.2 Å². The predicted molar refractivity (Wildman–Crippen MR) is 77.1 cm³/mol. The van der Waals surface area contributed by atoms with Crippen LogP contribution in [0.15, 0.2) is 36.4 Å². The molecule has 0 unspecified atom stereocenters. The highest BCUT2D eigenvalue weighted by Crippen LogP contribution is 2.22. The summed E-state index contributed by atoms with van der Waals surface area (Å²) < 4.78 is 5.81. The first-order valence-electron chi connectivity index (χ1n) is 6.47. The molecule has 1 aromatic carbocycles. The number of hydrogen-bond acceptors (Lipinski definition) is 3. The van der Waals surface area contributed by atoms with Crippen molar-refractivity contribution in [3.63, 3.8) is 0 Å². The summed E-state index contributed by atoms with van der Waals surface area (Å²) in [5.41, 5.74) is 10.0. The Morgan fingerprint density at radius 1 is 1.21 bits per heavy atom. The molecule has 2 N–H and O–H groups in total. The van der Waals surface area contributed by atoms with E-state index in [9.17, 15) is 0 Å². The van der Waals surface area contributed by atoms with Crippen molar-refractivity contribution >= 4 is 0 Å². The Kier molecular flexibility index (Phi) is 4.17. The lowest BCUT2D eigenvalue weighted by Crippen LogP contribution is -2.06. The molecule has 1 atom stereocenters. The number of nitrogens with zero attached hydrogens (tertiary/aromatic N) is 1. The molecule has 3 nitrogen and oxygen atoms in total. The van der Waals surface area contributed by atoms with E-state index >= 15 is 0 Å². The maximum absolute atomic E-state index is 5.86. The van der Waals surface area contributed by atoms with Crippen LogP contribution in [0.1, 0.15) is 35.5 Å². The predicted octanol–water partition coefficient (Wildman–Crippen LogP) is 3.30. The van der Waals surface area contributed by atoms with Crippen molar-refractivity contribution in [2.75, 3.05) is 0 Å². The van der Waals surface area contributed by atoms with Gasteiger partial charge >= 0.3 is 0 Å². The molecule has 0 bridgehead atoms. The quantitative estimate of drug-likeness (QED) is 0.913. The van der Waals surface area contributed by atoms with Gasteiger partial charge < -0.3 is 10.5 Å². The molecule has 3 heteroatoms. The number of ether oxygens (including phenoxy) is 1. The van der Waals surface area contributed by atoms with Crippen LogP contribution in [0, 0.1) is 13.8 Å². The molecule has 0 fully saturated rings. The van der Waals surface area contributed by atoms with Crippen molar-refractivity contribution in [3.05, 3.63) is 58.9 Å². The number of hydrogen-bond donors (Lipinski definition) is 1. The Morgan fingerprint density at radius 3 is 2.63 bits per heavy atom. The first kappa shape index (κ1) is 13.6. The first-order valence-corrected chi connectivity index (χ1v) is 6.47. The molecular weight excluding hydrogens is 236 g/mol. The van der Waals surface area contributed by atoms with E-state index in [1.165, 1.54) is 0 Å². The highest BCUT2D eigenvalue weighted by atomic mass is 16.5. The monoisotopic (exact) mass is 256 g/mol. The van der Waals surface area contributed by atoms with Crippen LogP contribution in [-0.2, 0) is 6.61 Å². The normalized spacial score (nSPS) is 12.2. The third kappa shape index (κ3) is 3.55. The number of nitrogens with two attached hydrogens (primary N) is 1. The molecule has 0 aliphatic carbocycles. The summed E-state index contributed by atoms with van der Waals surface area (Å²) in [6.45, 7) is 6.48. The number of aromatic nitrogens is 1. The van der Waals surface area contributed by atoms with E-state index in [4.69, 9.17) is 10.5 Å². The van der Waals surface area contributed by atoms with Crippen LogP contribution in [0.3, 0.4) is 0 Å². The van der Waals surface area contributed by atoms with E-state index < -0.39 is 0 Å². The largest absolute Gasteiger partial charge is 0.487 e. The highest BCUT2D eigenvalue weighted by Gasteiger charge is 2.05. The minimum Gasteiger partial charge on any atom is -0.487 e. The van der Waals surface area contributed by atoms with Gasteiger partial charge in [0, 0.05) is 11.7 Å². The summed E-state index contributed by atoms with van der Waals surface area (Å²) in [5.74, 6) is 0.882. The van der Waals surface area contributed by atoms with Crippen LogP contribution in [0.4, 0.5) is 0 Å². The van der Waals surface area contributed by atoms with Crippen LogP contribution in [-0.4, -0.2) is 4.98 Å². The van der Waals surface area contributed by atoms with Crippen LogP contribution in [0.25, 0.3) is 0 Å². The average molecular weight is 256 g/mol. The minimum absolute atomic E-state index is 0.0474. The number of aryl methyl sites for hydroxylation is 2. The fourth-order valence-electron chi connectivity index (χ4n) is 1.95. The molecule has 2 aromatic rings. The Hall–Kier alpha value is -1.87. The highest BCUT2D eigenvalue weighted by molar-refractivity contribution is 5.37. The zero-order valence-corrected chi connectivity index (χ0v) is 11.7. The van der Waals surface area contributed by atoms with E-state index in [0.717, 1.165) is 28.3 Å². The van der Waals surface area contributed by atoms with Crippen molar-refractivity contribution in [2.45, 2.75) is 33.4 Å². The Balaban J connectivity index is 2.07. The standard InChI is InChI=1S/C16H20N2O/c1-11-9-14(13(3)17)7-8-16(11)19-10-15-6-4-5-12(2)18-15/h4-9,13H,10,17H2,1-3H3/t13-/m0/s1. The van der Waals surface area contributed by atoms with Gasteiger partial charge in [-0.25, -0.2) is 0 Å². The second kappa shape index (κ2) is 5.85. The summed E-state index contributed by atoms with van der Waals surface area (Å²) in [6.07, 6.45) is 0. The van der Waals surface area contributed by atoms with Crippen molar-refractivity contribution < 1.29 is 4.74 Å². The number of pyridine rings is 1. The number of benzene rings is 1. The second-order valence-electron chi connectivity index (χ2n) is 4.87.